The summed E-state index contributed by atoms with van der Waals surface area (Å²) in [5.74, 6) is -0.435. The molecule has 0 unspecified atom stereocenters. The highest BCUT2D eigenvalue weighted by Crippen LogP contribution is 2.38. The Labute approximate surface area is 145 Å². The van der Waals surface area contributed by atoms with Crippen LogP contribution in [0.15, 0.2) is 24.4 Å². The highest BCUT2D eigenvalue weighted by Gasteiger charge is 2.39. The Morgan fingerprint density at radius 1 is 1.40 bits per heavy atom. The molecule has 8 nitrogen and oxygen atoms in total. The average Bonchev–Trinajstić information content (AvgIpc) is 3.06. The van der Waals surface area contributed by atoms with Crippen LogP contribution >= 0.6 is 0 Å². The van der Waals surface area contributed by atoms with Crippen LogP contribution in [0.5, 0.6) is 0 Å². The third-order valence-electron chi connectivity index (χ3n) is 4.80. The number of pyridine rings is 1. The first-order chi connectivity index (χ1) is 11.9. The molecular formula is C17H21N5O3. The van der Waals surface area contributed by atoms with Gasteiger partial charge in [0.1, 0.15) is 5.82 Å². The predicted molar refractivity (Wildman–Crippen MR) is 91.2 cm³/mol. The van der Waals surface area contributed by atoms with Crippen molar-refractivity contribution in [2.45, 2.75) is 19.4 Å². The number of aromatic carboxylic acids is 1. The number of anilines is 1. The highest BCUT2D eigenvalue weighted by molar-refractivity contribution is 5.85. The molecule has 2 aromatic rings. The Bertz CT molecular complexity index is 816. The van der Waals surface area contributed by atoms with E-state index in [-0.39, 0.29) is 23.6 Å². The van der Waals surface area contributed by atoms with Gasteiger partial charge in [0.25, 0.3) is 0 Å². The summed E-state index contributed by atoms with van der Waals surface area (Å²) in [6, 6.07) is 4.75. The second-order valence-corrected chi connectivity index (χ2v) is 6.32. The molecule has 0 saturated carbocycles. The second-order valence-electron chi connectivity index (χ2n) is 6.32. The molecule has 1 aliphatic rings. The molecule has 2 N–H and O–H groups in total. The smallest absolute Gasteiger partial charge is 0.354 e. The standard InChI is InChI=1S/C17H21N5O3/c1-10-12(9-19-22(10)3)16-11(7-15(23)21(16)2)8-18-14-6-4-5-13(20-14)17(24)25/h4-6,9,11,16H,7-8H2,1-3H3,(H,18,20)(H,24,25)/t11-,16+/m0/s1. The zero-order chi connectivity index (χ0) is 18.1. The Hall–Kier alpha value is -2.90. The second kappa shape index (κ2) is 6.54. The Morgan fingerprint density at radius 3 is 2.80 bits per heavy atom. The summed E-state index contributed by atoms with van der Waals surface area (Å²) in [4.78, 5) is 29.1. The molecule has 3 rings (SSSR count). The van der Waals surface area contributed by atoms with Gasteiger partial charge in [-0.3, -0.25) is 9.48 Å². The molecular weight excluding hydrogens is 322 g/mol. The van der Waals surface area contributed by atoms with Crippen molar-refractivity contribution >= 4 is 17.7 Å². The van der Waals surface area contributed by atoms with E-state index < -0.39 is 5.97 Å². The molecule has 1 fully saturated rings. The molecule has 3 heterocycles. The van der Waals surface area contributed by atoms with Gasteiger partial charge in [-0.05, 0) is 19.1 Å². The van der Waals surface area contributed by atoms with E-state index in [2.05, 4.69) is 15.4 Å². The lowest BCUT2D eigenvalue weighted by Gasteiger charge is -2.25. The maximum Gasteiger partial charge on any atom is 0.354 e. The van der Waals surface area contributed by atoms with Crippen LogP contribution in [-0.4, -0.2) is 50.2 Å². The van der Waals surface area contributed by atoms with Gasteiger partial charge in [-0.1, -0.05) is 6.07 Å². The van der Waals surface area contributed by atoms with Crippen molar-refractivity contribution in [1.82, 2.24) is 19.7 Å². The number of carboxylic acid groups (broad SMARTS) is 1. The molecule has 8 heteroatoms. The molecule has 2 atom stereocenters. The van der Waals surface area contributed by atoms with Crippen LogP contribution in [0.25, 0.3) is 0 Å². The van der Waals surface area contributed by atoms with Crippen LogP contribution in [0.3, 0.4) is 0 Å². The Morgan fingerprint density at radius 2 is 2.16 bits per heavy atom. The van der Waals surface area contributed by atoms with Gasteiger partial charge in [0, 0.05) is 44.2 Å². The number of likely N-dealkylation sites (tertiary alicyclic amines) is 1. The fraction of sp³-hybridized carbons (Fsp3) is 0.412. The fourth-order valence-electron chi connectivity index (χ4n) is 3.29. The topological polar surface area (TPSA) is 100 Å². The summed E-state index contributed by atoms with van der Waals surface area (Å²) in [6.07, 6.45) is 2.24. The van der Waals surface area contributed by atoms with Gasteiger partial charge < -0.3 is 15.3 Å². The number of carboxylic acids is 1. The predicted octanol–water partition coefficient (Wildman–Crippen LogP) is 1.45. The van der Waals surface area contributed by atoms with Crippen molar-refractivity contribution in [3.05, 3.63) is 41.3 Å². The van der Waals surface area contributed by atoms with E-state index in [9.17, 15) is 9.59 Å². The molecule has 0 aliphatic carbocycles. The van der Waals surface area contributed by atoms with Crippen LogP contribution < -0.4 is 5.32 Å². The Balaban J connectivity index is 1.78. The molecule has 0 aromatic carbocycles. The monoisotopic (exact) mass is 343 g/mol. The first kappa shape index (κ1) is 16.9. The molecule has 0 bridgehead atoms. The van der Waals surface area contributed by atoms with Gasteiger partial charge in [0.2, 0.25) is 5.91 Å². The van der Waals surface area contributed by atoms with Crippen LogP contribution in [0.1, 0.15) is 34.2 Å². The summed E-state index contributed by atoms with van der Waals surface area (Å²) in [5, 5.41) is 16.5. The van der Waals surface area contributed by atoms with Gasteiger partial charge in [-0.2, -0.15) is 5.10 Å². The van der Waals surface area contributed by atoms with Crippen LogP contribution in [0.4, 0.5) is 5.82 Å². The van der Waals surface area contributed by atoms with E-state index in [4.69, 9.17) is 5.11 Å². The molecule has 0 spiro atoms. The lowest BCUT2D eigenvalue weighted by molar-refractivity contribution is -0.127. The lowest BCUT2D eigenvalue weighted by atomic mass is 9.94. The SMILES string of the molecule is Cc1c([C@H]2[C@H](CNc3cccc(C(=O)O)n3)CC(=O)N2C)cnn1C. The quantitative estimate of drug-likeness (QED) is 0.852. The molecule has 132 valence electrons. The number of hydrogen-bond acceptors (Lipinski definition) is 5. The summed E-state index contributed by atoms with van der Waals surface area (Å²) >= 11 is 0. The lowest BCUT2D eigenvalue weighted by Crippen LogP contribution is -2.27. The van der Waals surface area contributed by atoms with E-state index in [0.29, 0.717) is 18.8 Å². The van der Waals surface area contributed by atoms with Crippen molar-refractivity contribution in [3.63, 3.8) is 0 Å². The number of carbonyl (C=O) groups excluding carboxylic acids is 1. The maximum atomic E-state index is 12.2. The summed E-state index contributed by atoms with van der Waals surface area (Å²) < 4.78 is 1.80. The fourth-order valence-corrected chi connectivity index (χ4v) is 3.29. The highest BCUT2D eigenvalue weighted by atomic mass is 16.4. The average molecular weight is 343 g/mol. The van der Waals surface area contributed by atoms with E-state index in [1.165, 1.54) is 6.07 Å². The summed E-state index contributed by atoms with van der Waals surface area (Å²) in [6.45, 7) is 2.51. The minimum Gasteiger partial charge on any atom is -0.477 e. The third kappa shape index (κ3) is 3.19. The normalized spacial score (nSPS) is 20.1. The molecule has 0 radical (unpaired) electrons. The number of carbonyl (C=O) groups is 2. The zero-order valence-corrected chi connectivity index (χ0v) is 14.4. The number of aryl methyl sites for hydroxylation is 1. The summed E-state index contributed by atoms with van der Waals surface area (Å²) in [5.41, 5.74) is 2.06. The van der Waals surface area contributed by atoms with E-state index in [0.717, 1.165) is 11.3 Å². The van der Waals surface area contributed by atoms with Gasteiger partial charge in [0.05, 0.1) is 12.2 Å². The third-order valence-corrected chi connectivity index (χ3v) is 4.80. The first-order valence-corrected chi connectivity index (χ1v) is 8.07. The first-order valence-electron chi connectivity index (χ1n) is 8.07. The number of nitrogens with one attached hydrogen (secondary N) is 1. The van der Waals surface area contributed by atoms with Crippen molar-refractivity contribution in [1.29, 1.82) is 0 Å². The zero-order valence-electron chi connectivity index (χ0n) is 14.4. The number of hydrogen-bond donors (Lipinski definition) is 2. The number of nitrogens with zero attached hydrogens (tertiary/aromatic N) is 4. The number of amides is 1. The summed E-state index contributed by atoms with van der Waals surface area (Å²) in [7, 11) is 3.69. The van der Waals surface area contributed by atoms with E-state index in [1.807, 2.05) is 27.2 Å². The molecule has 25 heavy (non-hydrogen) atoms. The molecule has 1 saturated heterocycles. The maximum absolute atomic E-state index is 12.2. The van der Waals surface area contributed by atoms with Crippen LogP contribution in [0, 0.1) is 12.8 Å². The largest absolute Gasteiger partial charge is 0.477 e. The van der Waals surface area contributed by atoms with Crippen LogP contribution in [-0.2, 0) is 11.8 Å². The van der Waals surface area contributed by atoms with E-state index in [1.54, 1.807) is 21.7 Å². The van der Waals surface area contributed by atoms with Gasteiger partial charge in [0.15, 0.2) is 5.69 Å². The molecule has 1 aliphatic heterocycles. The van der Waals surface area contributed by atoms with Gasteiger partial charge in [-0.15, -0.1) is 0 Å². The van der Waals surface area contributed by atoms with Gasteiger partial charge >= 0.3 is 5.97 Å². The number of rotatable bonds is 5. The Kier molecular flexibility index (Phi) is 4.43. The van der Waals surface area contributed by atoms with Gasteiger partial charge in [-0.25, -0.2) is 9.78 Å². The molecule has 1 amide bonds. The van der Waals surface area contributed by atoms with E-state index >= 15 is 0 Å². The minimum absolute atomic E-state index is 0.00993. The van der Waals surface area contributed by atoms with Crippen molar-refractivity contribution in [2.24, 2.45) is 13.0 Å². The molecule has 2 aromatic heterocycles. The van der Waals surface area contributed by atoms with Crippen molar-refractivity contribution < 1.29 is 14.7 Å². The minimum atomic E-state index is -1.07. The number of aromatic nitrogens is 3. The van der Waals surface area contributed by atoms with Crippen LogP contribution in [0.2, 0.25) is 0 Å². The van der Waals surface area contributed by atoms with Crippen molar-refractivity contribution in [2.75, 3.05) is 18.9 Å². The van der Waals surface area contributed by atoms with Crippen molar-refractivity contribution in [3.8, 4) is 0 Å².